The van der Waals surface area contributed by atoms with Crippen LogP contribution in [0, 0.1) is 0 Å². The molecule has 1 aromatic rings. The summed E-state index contributed by atoms with van der Waals surface area (Å²) in [6, 6.07) is 2.69. The van der Waals surface area contributed by atoms with Crippen molar-refractivity contribution in [1.29, 1.82) is 0 Å². The zero-order chi connectivity index (χ0) is 13.1. The van der Waals surface area contributed by atoms with Gasteiger partial charge >= 0.3 is 0 Å². The van der Waals surface area contributed by atoms with Gasteiger partial charge in [0.15, 0.2) is 11.5 Å². The Morgan fingerprint density at radius 2 is 1.65 bits per heavy atom. The van der Waals surface area contributed by atoms with E-state index in [1.807, 2.05) is 0 Å². The normalized spacial score (nSPS) is 11.7. The molecule has 0 unspecified atom stereocenters. The zero-order valence-electron chi connectivity index (χ0n) is 9.51. The molecule has 6 heteroatoms. The van der Waals surface area contributed by atoms with E-state index < -0.39 is 22.8 Å². The SMILES string of the molecule is CC(CO)(CO)NCc1ccc(O)c(O)c1O. The average molecular weight is 243 g/mol. The Balaban J connectivity index is 2.80. The van der Waals surface area contributed by atoms with Crippen LogP contribution in [-0.2, 0) is 6.54 Å². The monoisotopic (exact) mass is 243 g/mol. The Hall–Kier alpha value is -1.50. The van der Waals surface area contributed by atoms with Gasteiger partial charge < -0.3 is 30.8 Å². The Morgan fingerprint density at radius 1 is 1.06 bits per heavy atom. The minimum Gasteiger partial charge on any atom is -0.504 e. The molecule has 0 fully saturated rings. The Morgan fingerprint density at radius 3 is 2.18 bits per heavy atom. The summed E-state index contributed by atoms with van der Waals surface area (Å²) in [4.78, 5) is 0. The molecule has 0 spiro atoms. The van der Waals surface area contributed by atoms with Crippen LogP contribution in [0.1, 0.15) is 12.5 Å². The van der Waals surface area contributed by atoms with E-state index in [9.17, 15) is 10.2 Å². The lowest BCUT2D eigenvalue weighted by Crippen LogP contribution is -2.48. The number of phenols is 3. The van der Waals surface area contributed by atoms with Gasteiger partial charge in [0.1, 0.15) is 0 Å². The van der Waals surface area contributed by atoms with Crippen molar-refractivity contribution >= 4 is 0 Å². The Labute approximate surface area is 98.8 Å². The van der Waals surface area contributed by atoms with Crippen LogP contribution in [0.2, 0.25) is 0 Å². The highest BCUT2D eigenvalue weighted by Gasteiger charge is 2.22. The van der Waals surface area contributed by atoms with Crippen LogP contribution < -0.4 is 5.32 Å². The summed E-state index contributed by atoms with van der Waals surface area (Å²) in [7, 11) is 0. The maximum absolute atomic E-state index is 9.55. The number of hydrogen-bond acceptors (Lipinski definition) is 6. The van der Waals surface area contributed by atoms with Gasteiger partial charge in [0.05, 0.1) is 18.8 Å². The van der Waals surface area contributed by atoms with E-state index in [0.29, 0.717) is 5.56 Å². The molecule has 0 atom stereocenters. The molecule has 1 rings (SSSR count). The largest absolute Gasteiger partial charge is 0.504 e. The third-order valence-corrected chi connectivity index (χ3v) is 2.62. The summed E-state index contributed by atoms with van der Waals surface area (Å²) in [5, 5.41) is 48.9. The lowest BCUT2D eigenvalue weighted by atomic mass is 10.0. The standard InChI is InChI=1S/C11H17NO5/c1-11(5-13,6-14)12-4-7-2-3-8(15)10(17)9(7)16/h2-3,12-17H,4-6H2,1H3. The highest BCUT2D eigenvalue weighted by Crippen LogP contribution is 2.36. The Bertz CT molecular complexity index is 390. The minimum atomic E-state index is -0.875. The first-order valence-electron chi connectivity index (χ1n) is 5.13. The fraction of sp³-hybridized carbons (Fsp3) is 0.455. The van der Waals surface area contributed by atoms with Crippen molar-refractivity contribution in [2.24, 2.45) is 0 Å². The summed E-state index contributed by atoms with van der Waals surface area (Å²) in [5.74, 6) is -1.41. The van der Waals surface area contributed by atoms with Crippen molar-refractivity contribution < 1.29 is 25.5 Å². The summed E-state index contributed by atoms with van der Waals surface area (Å²) in [6.07, 6.45) is 0. The number of aliphatic hydroxyl groups excluding tert-OH is 2. The highest BCUT2D eigenvalue weighted by atomic mass is 16.3. The third-order valence-electron chi connectivity index (χ3n) is 2.62. The molecule has 1 aromatic carbocycles. The molecule has 0 aliphatic rings. The molecule has 0 amide bonds. The fourth-order valence-corrected chi connectivity index (χ4v) is 1.22. The Kier molecular flexibility index (Phi) is 4.17. The van der Waals surface area contributed by atoms with E-state index in [4.69, 9.17) is 15.3 Å². The number of phenolic OH excluding ortho intramolecular Hbond substituents is 3. The summed E-state index contributed by atoms with van der Waals surface area (Å²) in [5.41, 5.74) is -0.520. The number of nitrogens with one attached hydrogen (secondary N) is 1. The van der Waals surface area contributed by atoms with E-state index >= 15 is 0 Å². The summed E-state index contributed by atoms with van der Waals surface area (Å²) in [6.45, 7) is 1.21. The number of hydrogen-bond donors (Lipinski definition) is 6. The fourth-order valence-electron chi connectivity index (χ4n) is 1.22. The number of aliphatic hydroxyl groups is 2. The van der Waals surface area contributed by atoms with Crippen molar-refractivity contribution in [3.8, 4) is 17.2 Å². The van der Waals surface area contributed by atoms with Gasteiger partial charge in [0, 0.05) is 12.1 Å². The first kappa shape index (κ1) is 13.6. The van der Waals surface area contributed by atoms with Gasteiger partial charge in [-0.2, -0.15) is 0 Å². The van der Waals surface area contributed by atoms with Crippen molar-refractivity contribution in [2.45, 2.75) is 19.0 Å². The molecule has 0 heterocycles. The molecule has 0 saturated heterocycles. The second-order valence-corrected chi connectivity index (χ2v) is 4.17. The molecular formula is C11H17NO5. The second-order valence-electron chi connectivity index (χ2n) is 4.17. The molecular weight excluding hydrogens is 226 g/mol. The van der Waals surface area contributed by atoms with Gasteiger partial charge in [-0.25, -0.2) is 0 Å². The van der Waals surface area contributed by atoms with Gasteiger partial charge in [0.25, 0.3) is 0 Å². The maximum atomic E-state index is 9.55. The second kappa shape index (κ2) is 5.22. The predicted molar refractivity (Wildman–Crippen MR) is 60.9 cm³/mol. The van der Waals surface area contributed by atoms with E-state index in [2.05, 4.69) is 5.32 Å². The smallest absolute Gasteiger partial charge is 0.200 e. The van der Waals surface area contributed by atoms with Crippen LogP contribution in [0.3, 0.4) is 0 Å². The number of rotatable bonds is 5. The van der Waals surface area contributed by atoms with E-state index in [0.717, 1.165) is 0 Å². The lowest BCUT2D eigenvalue weighted by molar-refractivity contribution is 0.103. The van der Waals surface area contributed by atoms with Crippen LogP contribution in [0.5, 0.6) is 17.2 Å². The molecule has 0 aliphatic carbocycles. The molecule has 0 bridgehead atoms. The van der Waals surface area contributed by atoms with Crippen molar-refractivity contribution in [3.63, 3.8) is 0 Å². The van der Waals surface area contributed by atoms with Crippen molar-refractivity contribution in [2.75, 3.05) is 13.2 Å². The minimum absolute atomic E-state index is 0.136. The predicted octanol–water partition coefficient (Wildman–Crippen LogP) is -0.364. The van der Waals surface area contributed by atoms with Crippen LogP contribution in [0.15, 0.2) is 12.1 Å². The van der Waals surface area contributed by atoms with E-state index in [1.54, 1.807) is 6.92 Å². The van der Waals surface area contributed by atoms with Gasteiger partial charge in [-0.15, -0.1) is 0 Å². The van der Waals surface area contributed by atoms with Gasteiger partial charge in [-0.05, 0) is 13.0 Å². The number of benzene rings is 1. The highest BCUT2D eigenvalue weighted by molar-refractivity contribution is 5.53. The van der Waals surface area contributed by atoms with Crippen molar-refractivity contribution in [3.05, 3.63) is 17.7 Å². The van der Waals surface area contributed by atoms with Gasteiger partial charge in [-0.3, -0.25) is 0 Å². The zero-order valence-corrected chi connectivity index (χ0v) is 9.51. The van der Waals surface area contributed by atoms with Gasteiger partial charge in [-0.1, -0.05) is 6.07 Å². The van der Waals surface area contributed by atoms with Crippen LogP contribution in [-0.4, -0.2) is 44.3 Å². The molecule has 0 radical (unpaired) electrons. The van der Waals surface area contributed by atoms with Crippen LogP contribution in [0.4, 0.5) is 0 Å². The summed E-state index contributed by atoms with van der Waals surface area (Å²) < 4.78 is 0. The van der Waals surface area contributed by atoms with E-state index in [1.165, 1.54) is 12.1 Å². The van der Waals surface area contributed by atoms with E-state index in [-0.39, 0.29) is 19.8 Å². The first-order valence-corrected chi connectivity index (χ1v) is 5.13. The molecule has 0 aliphatic heterocycles. The summed E-state index contributed by atoms with van der Waals surface area (Å²) >= 11 is 0. The molecule has 0 aromatic heterocycles. The topological polar surface area (TPSA) is 113 Å². The van der Waals surface area contributed by atoms with Gasteiger partial charge in [0.2, 0.25) is 5.75 Å². The maximum Gasteiger partial charge on any atom is 0.200 e. The van der Waals surface area contributed by atoms with Crippen molar-refractivity contribution in [1.82, 2.24) is 5.32 Å². The van der Waals surface area contributed by atoms with Crippen LogP contribution in [0.25, 0.3) is 0 Å². The molecule has 6 nitrogen and oxygen atoms in total. The lowest BCUT2D eigenvalue weighted by Gasteiger charge is -2.26. The molecule has 6 N–H and O–H groups in total. The van der Waals surface area contributed by atoms with Crippen LogP contribution >= 0.6 is 0 Å². The quantitative estimate of drug-likeness (QED) is 0.394. The molecule has 96 valence electrons. The molecule has 0 saturated carbocycles. The third kappa shape index (κ3) is 3.00. The number of aromatic hydroxyl groups is 3. The first-order chi connectivity index (χ1) is 7.93. The molecule has 17 heavy (non-hydrogen) atoms. The average Bonchev–Trinajstić information content (AvgIpc) is 2.35.